The molecule has 0 N–H and O–H groups in total. The lowest BCUT2D eigenvalue weighted by atomic mass is 9.85. The summed E-state index contributed by atoms with van der Waals surface area (Å²) < 4.78 is 13.6. The normalized spacial score (nSPS) is 17.3. The van der Waals surface area contributed by atoms with Gasteiger partial charge in [0.15, 0.2) is 5.78 Å². The predicted octanol–water partition coefficient (Wildman–Crippen LogP) is 3.38. The standard InChI is InChI=1S/C16H22FNO/c1-12(10-18(2)11-13-6-5-7-13)16(19)14-8-3-4-9-15(14)17/h3-4,8-9,12-13H,5-7,10-11H2,1-2H3. The molecule has 0 saturated heterocycles. The number of Topliss-reactive ketones (excluding diaryl/α,β-unsaturated/α-hetero) is 1. The number of halogens is 1. The molecule has 3 heteroatoms. The Bertz CT molecular complexity index is 442. The molecule has 1 atom stereocenters. The summed E-state index contributed by atoms with van der Waals surface area (Å²) in [5.41, 5.74) is 0.215. The highest BCUT2D eigenvalue weighted by Gasteiger charge is 2.23. The lowest BCUT2D eigenvalue weighted by Gasteiger charge is -2.31. The van der Waals surface area contributed by atoms with E-state index in [2.05, 4.69) is 4.90 Å². The third-order valence-electron chi connectivity index (χ3n) is 3.97. The van der Waals surface area contributed by atoms with Gasteiger partial charge in [0.1, 0.15) is 5.82 Å². The molecular weight excluding hydrogens is 241 g/mol. The van der Waals surface area contributed by atoms with Crippen molar-refractivity contribution in [3.05, 3.63) is 35.6 Å². The van der Waals surface area contributed by atoms with Gasteiger partial charge in [-0.3, -0.25) is 4.79 Å². The van der Waals surface area contributed by atoms with Crippen LogP contribution in [0.15, 0.2) is 24.3 Å². The molecule has 2 nitrogen and oxygen atoms in total. The Kier molecular flexibility index (Phi) is 4.70. The highest BCUT2D eigenvalue weighted by molar-refractivity contribution is 5.98. The van der Waals surface area contributed by atoms with Gasteiger partial charge in [-0.15, -0.1) is 0 Å². The molecule has 0 aromatic heterocycles. The number of carbonyl (C=O) groups is 1. The Balaban J connectivity index is 1.89. The highest BCUT2D eigenvalue weighted by atomic mass is 19.1. The zero-order chi connectivity index (χ0) is 13.8. The van der Waals surface area contributed by atoms with E-state index in [0.29, 0.717) is 6.54 Å². The van der Waals surface area contributed by atoms with Crippen molar-refractivity contribution < 1.29 is 9.18 Å². The van der Waals surface area contributed by atoms with Gasteiger partial charge in [-0.2, -0.15) is 0 Å². The summed E-state index contributed by atoms with van der Waals surface area (Å²) in [6.45, 7) is 3.63. The molecule has 1 aromatic rings. The quantitative estimate of drug-likeness (QED) is 0.733. The Morgan fingerprint density at radius 1 is 1.42 bits per heavy atom. The van der Waals surface area contributed by atoms with Crippen LogP contribution in [0.4, 0.5) is 4.39 Å². The maximum atomic E-state index is 13.6. The van der Waals surface area contributed by atoms with E-state index in [1.165, 1.54) is 25.3 Å². The van der Waals surface area contributed by atoms with Gasteiger partial charge in [-0.05, 0) is 37.9 Å². The molecule has 1 fully saturated rings. The number of ketones is 1. The van der Waals surface area contributed by atoms with Crippen molar-refractivity contribution in [2.45, 2.75) is 26.2 Å². The molecule has 2 rings (SSSR count). The van der Waals surface area contributed by atoms with Crippen molar-refractivity contribution in [3.63, 3.8) is 0 Å². The van der Waals surface area contributed by atoms with Crippen molar-refractivity contribution in [3.8, 4) is 0 Å². The highest BCUT2D eigenvalue weighted by Crippen LogP contribution is 2.27. The van der Waals surface area contributed by atoms with E-state index < -0.39 is 5.82 Å². The minimum Gasteiger partial charge on any atom is -0.305 e. The molecule has 0 spiro atoms. The third kappa shape index (κ3) is 3.63. The summed E-state index contributed by atoms with van der Waals surface area (Å²) in [4.78, 5) is 14.4. The molecule has 1 aliphatic carbocycles. The first kappa shape index (κ1) is 14.2. The Morgan fingerprint density at radius 3 is 2.68 bits per heavy atom. The summed E-state index contributed by atoms with van der Waals surface area (Å²) in [7, 11) is 2.05. The number of carbonyl (C=O) groups excluding carboxylic acids is 1. The van der Waals surface area contributed by atoms with E-state index in [0.717, 1.165) is 12.5 Å². The fraction of sp³-hybridized carbons (Fsp3) is 0.562. The maximum Gasteiger partial charge on any atom is 0.169 e. The molecule has 1 unspecified atom stereocenters. The molecule has 1 aliphatic rings. The first-order chi connectivity index (χ1) is 9.08. The van der Waals surface area contributed by atoms with Crippen LogP contribution in [-0.4, -0.2) is 30.8 Å². The van der Waals surface area contributed by atoms with Crippen LogP contribution in [-0.2, 0) is 0 Å². The predicted molar refractivity (Wildman–Crippen MR) is 74.7 cm³/mol. The SMILES string of the molecule is CC(CN(C)CC1CCC1)C(=O)c1ccccc1F. The first-order valence-electron chi connectivity index (χ1n) is 7.05. The van der Waals surface area contributed by atoms with E-state index in [1.807, 2.05) is 14.0 Å². The number of rotatable bonds is 6. The Hall–Kier alpha value is -1.22. The molecular formula is C16H22FNO. The topological polar surface area (TPSA) is 20.3 Å². The van der Waals surface area contributed by atoms with Crippen LogP contribution in [0.3, 0.4) is 0 Å². The van der Waals surface area contributed by atoms with E-state index >= 15 is 0 Å². The second-order valence-electron chi connectivity index (χ2n) is 5.76. The summed E-state index contributed by atoms with van der Waals surface area (Å²) in [6.07, 6.45) is 3.95. The zero-order valence-electron chi connectivity index (χ0n) is 11.7. The minimum atomic E-state index is -0.416. The van der Waals surface area contributed by atoms with Gasteiger partial charge >= 0.3 is 0 Å². The Morgan fingerprint density at radius 2 is 2.11 bits per heavy atom. The second kappa shape index (κ2) is 6.29. The van der Waals surface area contributed by atoms with Crippen LogP contribution in [0.2, 0.25) is 0 Å². The monoisotopic (exact) mass is 263 g/mol. The van der Waals surface area contributed by atoms with E-state index in [4.69, 9.17) is 0 Å². The fourth-order valence-electron chi connectivity index (χ4n) is 2.67. The van der Waals surface area contributed by atoms with Gasteiger partial charge < -0.3 is 4.90 Å². The summed E-state index contributed by atoms with van der Waals surface area (Å²) in [6, 6.07) is 6.23. The summed E-state index contributed by atoms with van der Waals surface area (Å²) in [5.74, 6) is 0.113. The average Bonchev–Trinajstić information content (AvgIpc) is 2.33. The Labute approximate surface area is 114 Å². The van der Waals surface area contributed by atoms with Crippen molar-refractivity contribution in [1.82, 2.24) is 4.90 Å². The van der Waals surface area contributed by atoms with Crippen LogP contribution >= 0.6 is 0 Å². The number of nitrogens with zero attached hydrogens (tertiary/aromatic N) is 1. The van der Waals surface area contributed by atoms with Gasteiger partial charge in [-0.25, -0.2) is 4.39 Å². The van der Waals surface area contributed by atoms with Gasteiger partial charge in [0, 0.05) is 19.0 Å². The van der Waals surface area contributed by atoms with E-state index in [9.17, 15) is 9.18 Å². The van der Waals surface area contributed by atoms with Crippen LogP contribution < -0.4 is 0 Å². The van der Waals surface area contributed by atoms with Gasteiger partial charge in [0.25, 0.3) is 0 Å². The zero-order valence-corrected chi connectivity index (χ0v) is 11.7. The van der Waals surface area contributed by atoms with Gasteiger partial charge in [-0.1, -0.05) is 25.5 Å². The van der Waals surface area contributed by atoms with E-state index in [-0.39, 0.29) is 17.3 Å². The molecule has 1 aromatic carbocycles. The largest absolute Gasteiger partial charge is 0.305 e. The van der Waals surface area contributed by atoms with Crippen molar-refractivity contribution in [1.29, 1.82) is 0 Å². The minimum absolute atomic E-state index is 0.0986. The van der Waals surface area contributed by atoms with Crippen molar-refractivity contribution in [2.24, 2.45) is 11.8 Å². The number of hydrogen-bond donors (Lipinski definition) is 0. The average molecular weight is 263 g/mol. The van der Waals surface area contributed by atoms with Gasteiger partial charge in [0.05, 0.1) is 5.56 Å². The van der Waals surface area contributed by atoms with Crippen molar-refractivity contribution in [2.75, 3.05) is 20.1 Å². The molecule has 104 valence electrons. The van der Waals surface area contributed by atoms with Crippen molar-refractivity contribution >= 4 is 5.78 Å². The second-order valence-corrected chi connectivity index (χ2v) is 5.76. The number of hydrogen-bond acceptors (Lipinski definition) is 2. The van der Waals surface area contributed by atoms with Crippen LogP contribution in [0, 0.1) is 17.7 Å². The molecule has 19 heavy (non-hydrogen) atoms. The summed E-state index contributed by atoms with van der Waals surface area (Å²) in [5, 5.41) is 0. The lowest BCUT2D eigenvalue weighted by molar-refractivity contribution is 0.0885. The van der Waals surface area contributed by atoms with Gasteiger partial charge in [0.2, 0.25) is 0 Å². The smallest absolute Gasteiger partial charge is 0.169 e. The first-order valence-corrected chi connectivity index (χ1v) is 7.05. The summed E-state index contributed by atoms with van der Waals surface area (Å²) >= 11 is 0. The van der Waals surface area contributed by atoms with Crippen LogP contribution in [0.25, 0.3) is 0 Å². The lowest BCUT2D eigenvalue weighted by Crippen LogP contribution is -2.34. The molecule has 0 bridgehead atoms. The molecule has 0 heterocycles. The molecule has 0 amide bonds. The van der Waals surface area contributed by atoms with Crippen LogP contribution in [0.1, 0.15) is 36.5 Å². The molecule has 0 radical (unpaired) electrons. The third-order valence-corrected chi connectivity index (χ3v) is 3.97. The number of benzene rings is 1. The van der Waals surface area contributed by atoms with Crippen LogP contribution in [0.5, 0.6) is 0 Å². The van der Waals surface area contributed by atoms with E-state index in [1.54, 1.807) is 18.2 Å². The fourth-order valence-corrected chi connectivity index (χ4v) is 2.67. The maximum absolute atomic E-state index is 13.6. The molecule has 0 aliphatic heterocycles. The molecule has 1 saturated carbocycles.